The predicted molar refractivity (Wildman–Crippen MR) is 100 cm³/mol. The average molecular weight is 386 g/mol. The van der Waals surface area contributed by atoms with Crippen molar-refractivity contribution in [3.63, 3.8) is 0 Å². The van der Waals surface area contributed by atoms with Gasteiger partial charge in [0.1, 0.15) is 0 Å². The molecule has 0 bridgehead atoms. The SMILES string of the molecule is O=C(Nc1ccc2[nH]ncc2c1)c1cccc(S(=O)(=O)N2CCOCC2)c1. The number of rotatable bonds is 4. The topological polar surface area (TPSA) is 104 Å². The van der Waals surface area contributed by atoms with Crippen molar-refractivity contribution in [1.29, 1.82) is 0 Å². The quantitative estimate of drug-likeness (QED) is 0.712. The van der Waals surface area contributed by atoms with Crippen LogP contribution < -0.4 is 5.32 Å². The number of nitrogens with zero attached hydrogens (tertiary/aromatic N) is 2. The van der Waals surface area contributed by atoms with Gasteiger partial charge in [-0.2, -0.15) is 9.40 Å². The molecule has 0 atom stereocenters. The number of H-pyrrole nitrogens is 1. The van der Waals surface area contributed by atoms with Gasteiger partial charge in [0.25, 0.3) is 5.91 Å². The summed E-state index contributed by atoms with van der Waals surface area (Å²) >= 11 is 0. The van der Waals surface area contributed by atoms with Crippen LogP contribution in [0.5, 0.6) is 0 Å². The zero-order chi connectivity index (χ0) is 18.9. The minimum Gasteiger partial charge on any atom is -0.379 e. The minimum absolute atomic E-state index is 0.0994. The van der Waals surface area contributed by atoms with E-state index in [9.17, 15) is 13.2 Å². The highest BCUT2D eigenvalue weighted by molar-refractivity contribution is 7.89. The first-order valence-electron chi connectivity index (χ1n) is 8.46. The van der Waals surface area contributed by atoms with Crippen LogP contribution in [0.15, 0.2) is 53.6 Å². The van der Waals surface area contributed by atoms with Crippen molar-refractivity contribution in [2.45, 2.75) is 4.90 Å². The molecular formula is C18H18N4O4S. The Kier molecular flexibility index (Phi) is 4.65. The average Bonchev–Trinajstić information content (AvgIpc) is 3.16. The van der Waals surface area contributed by atoms with Gasteiger partial charge >= 0.3 is 0 Å². The van der Waals surface area contributed by atoms with E-state index in [2.05, 4.69) is 15.5 Å². The first-order valence-corrected chi connectivity index (χ1v) is 9.90. The van der Waals surface area contributed by atoms with Crippen molar-refractivity contribution in [3.8, 4) is 0 Å². The first-order chi connectivity index (χ1) is 13.0. The minimum atomic E-state index is -3.65. The zero-order valence-electron chi connectivity index (χ0n) is 14.4. The van der Waals surface area contributed by atoms with Crippen LogP contribution in [-0.2, 0) is 14.8 Å². The third-order valence-electron chi connectivity index (χ3n) is 4.40. The maximum Gasteiger partial charge on any atom is 0.255 e. The molecule has 1 amide bonds. The van der Waals surface area contributed by atoms with E-state index < -0.39 is 10.0 Å². The van der Waals surface area contributed by atoms with Gasteiger partial charge < -0.3 is 10.1 Å². The van der Waals surface area contributed by atoms with Gasteiger partial charge in [-0.15, -0.1) is 0 Å². The molecule has 1 saturated heterocycles. The molecule has 140 valence electrons. The number of nitrogens with one attached hydrogen (secondary N) is 2. The number of hydrogen-bond acceptors (Lipinski definition) is 5. The van der Waals surface area contributed by atoms with Gasteiger partial charge in [-0.25, -0.2) is 8.42 Å². The number of sulfonamides is 1. The van der Waals surface area contributed by atoms with Gasteiger partial charge in [0.05, 0.1) is 29.8 Å². The number of ether oxygens (including phenoxy) is 1. The molecule has 0 saturated carbocycles. The summed E-state index contributed by atoms with van der Waals surface area (Å²) in [6, 6.07) is 11.4. The van der Waals surface area contributed by atoms with E-state index in [1.54, 1.807) is 30.5 Å². The van der Waals surface area contributed by atoms with Crippen molar-refractivity contribution >= 4 is 32.5 Å². The highest BCUT2D eigenvalue weighted by Crippen LogP contribution is 2.20. The molecule has 4 rings (SSSR count). The molecule has 3 aromatic rings. The number of carbonyl (C=O) groups excluding carboxylic acids is 1. The molecule has 0 radical (unpaired) electrons. The van der Waals surface area contributed by atoms with Crippen LogP contribution in [-0.4, -0.2) is 55.1 Å². The Morgan fingerprint density at radius 3 is 2.78 bits per heavy atom. The van der Waals surface area contributed by atoms with Gasteiger partial charge in [-0.3, -0.25) is 9.89 Å². The second-order valence-electron chi connectivity index (χ2n) is 6.17. The van der Waals surface area contributed by atoms with E-state index in [1.807, 2.05) is 6.07 Å². The number of morpholine rings is 1. The molecule has 1 aromatic heterocycles. The van der Waals surface area contributed by atoms with Crippen LogP contribution in [0.25, 0.3) is 10.9 Å². The van der Waals surface area contributed by atoms with Gasteiger partial charge in [-0.1, -0.05) is 6.07 Å². The molecule has 1 aliphatic heterocycles. The Morgan fingerprint density at radius 2 is 1.96 bits per heavy atom. The highest BCUT2D eigenvalue weighted by Gasteiger charge is 2.26. The number of anilines is 1. The van der Waals surface area contributed by atoms with Crippen molar-refractivity contribution in [2.75, 3.05) is 31.6 Å². The Bertz CT molecular complexity index is 1090. The highest BCUT2D eigenvalue weighted by atomic mass is 32.2. The van der Waals surface area contributed by atoms with Gasteiger partial charge in [0.15, 0.2) is 0 Å². The molecule has 0 spiro atoms. The van der Waals surface area contributed by atoms with Crippen LogP contribution in [0.2, 0.25) is 0 Å². The lowest BCUT2D eigenvalue weighted by molar-refractivity contribution is 0.0730. The molecule has 1 aliphatic rings. The van der Waals surface area contributed by atoms with Crippen LogP contribution in [0.1, 0.15) is 10.4 Å². The lowest BCUT2D eigenvalue weighted by Gasteiger charge is -2.26. The number of aromatic nitrogens is 2. The fraction of sp³-hybridized carbons (Fsp3) is 0.222. The molecule has 2 N–H and O–H groups in total. The third-order valence-corrected chi connectivity index (χ3v) is 6.30. The molecule has 9 heteroatoms. The van der Waals surface area contributed by atoms with Crippen molar-refractivity contribution in [1.82, 2.24) is 14.5 Å². The lowest BCUT2D eigenvalue weighted by Crippen LogP contribution is -2.40. The second-order valence-corrected chi connectivity index (χ2v) is 8.11. The molecular weight excluding hydrogens is 368 g/mol. The second kappa shape index (κ2) is 7.10. The Labute approximate surface area is 156 Å². The van der Waals surface area contributed by atoms with E-state index in [4.69, 9.17) is 4.74 Å². The Hall–Kier alpha value is -2.75. The molecule has 0 aliphatic carbocycles. The summed E-state index contributed by atoms with van der Waals surface area (Å²) < 4.78 is 32.1. The maximum atomic E-state index is 12.8. The first kappa shape index (κ1) is 17.7. The molecule has 2 heterocycles. The third kappa shape index (κ3) is 3.57. The van der Waals surface area contributed by atoms with E-state index in [0.717, 1.165) is 10.9 Å². The van der Waals surface area contributed by atoms with Gasteiger partial charge in [0, 0.05) is 29.7 Å². The van der Waals surface area contributed by atoms with E-state index in [-0.39, 0.29) is 16.4 Å². The Balaban J connectivity index is 1.56. The van der Waals surface area contributed by atoms with E-state index in [0.29, 0.717) is 32.0 Å². The summed E-state index contributed by atoms with van der Waals surface area (Å²) in [5.41, 5.74) is 1.75. The number of benzene rings is 2. The summed E-state index contributed by atoms with van der Waals surface area (Å²) in [5, 5.41) is 10.4. The fourth-order valence-corrected chi connectivity index (χ4v) is 4.41. The van der Waals surface area contributed by atoms with E-state index in [1.165, 1.54) is 16.4 Å². The Morgan fingerprint density at radius 1 is 1.15 bits per heavy atom. The zero-order valence-corrected chi connectivity index (χ0v) is 15.2. The van der Waals surface area contributed by atoms with Crippen LogP contribution in [0.4, 0.5) is 5.69 Å². The fourth-order valence-electron chi connectivity index (χ4n) is 2.96. The van der Waals surface area contributed by atoms with Crippen LogP contribution in [0.3, 0.4) is 0 Å². The van der Waals surface area contributed by atoms with Crippen molar-refractivity contribution in [2.24, 2.45) is 0 Å². The summed E-state index contributed by atoms with van der Waals surface area (Å²) in [7, 11) is -3.65. The van der Waals surface area contributed by atoms with Crippen LogP contribution in [0, 0.1) is 0 Å². The summed E-state index contributed by atoms with van der Waals surface area (Å²) in [6.07, 6.45) is 1.67. The van der Waals surface area contributed by atoms with Crippen LogP contribution >= 0.6 is 0 Å². The maximum absolute atomic E-state index is 12.8. The number of aromatic amines is 1. The predicted octanol–water partition coefficient (Wildman–Crippen LogP) is 1.84. The lowest BCUT2D eigenvalue weighted by atomic mass is 10.2. The monoisotopic (exact) mass is 386 g/mol. The summed E-state index contributed by atoms with van der Waals surface area (Å²) in [5.74, 6) is -0.378. The van der Waals surface area contributed by atoms with Crippen molar-refractivity contribution < 1.29 is 17.9 Å². The molecule has 0 unspecified atom stereocenters. The summed E-state index contributed by atoms with van der Waals surface area (Å²) in [6.45, 7) is 1.36. The van der Waals surface area contributed by atoms with E-state index >= 15 is 0 Å². The van der Waals surface area contributed by atoms with Crippen molar-refractivity contribution in [3.05, 3.63) is 54.2 Å². The number of hydrogen-bond donors (Lipinski definition) is 2. The normalized spacial score (nSPS) is 15.7. The standard InChI is InChI=1S/C18H18N4O4S/c23-18(20-15-4-5-17-14(10-15)12-19-21-17)13-2-1-3-16(11-13)27(24,25)22-6-8-26-9-7-22/h1-5,10-12H,6-9H2,(H,19,21)(H,20,23). The smallest absolute Gasteiger partial charge is 0.255 e. The number of carbonyl (C=O) groups is 1. The largest absolute Gasteiger partial charge is 0.379 e. The van der Waals surface area contributed by atoms with Gasteiger partial charge in [0.2, 0.25) is 10.0 Å². The molecule has 27 heavy (non-hydrogen) atoms. The summed E-state index contributed by atoms with van der Waals surface area (Å²) in [4.78, 5) is 12.7. The van der Waals surface area contributed by atoms with Gasteiger partial charge in [-0.05, 0) is 36.4 Å². The number of fused-ring (bicyclic) bond motifs is 1. The molecule has 1 fully saturated rings. The molecule has 2 aromatic carbocycles. The molecule has 8 nitrogen and oxygen atoms in total. The number of amides is 1.